The van der Waals surface area contributed by atoms with Gasteiger partial charge in [0.25, 0.3) is 0 Å². The van der Waals surface area contributed by atoms with E-state index < -0.39 is 0 Å². The molecule has 0 amide bonds. The molecule has 0 atom stereocenters. The first-order valence-electron chi connectivity index (χ1n) is 9.54. The standard InChI is InChI=1S/C21H30ClF/c1-3-15-5-7-16(8-6-15)17-9-11-18(12-10-17)19-13-4-14(2)20(22)21(19)23/h4,13,15-18H,3,5-12H2,1-2H3. The Morgan fingerprint density at radius 3 is 2.09 bits per heavy atom. The van der Waals surface area contributed by atoms with Gasteiger partial charge in [0, 0.05) is 0 Å². The zero-order chi connectivity index (χ0) is 16.4. The van der Waals surface area contributed by atoms with Crippen LogP contribution in [0.5, 0.6) is 0 Å². The normalized spacial score (nSPS) is 32.0. The number of halogens is 2. The minimum Gasteiger partial charge on any atom is -0.205 e. The van der Waals surface area contributed by atoms with Crippen LogP contribution in [0.25, 0.3) is 0 Å². The molecule has 2 aliphatic rings. The minimum absolute atomic E-state index is 0.168. The smallest absolute Gasteiger partial charge is 0.145 e. The maximum atomic E-state index is 14.4. The highest BCUT2D eigenvalue weighted by Crippen LogP contribution is 2.45. The Morgan fingerprint density at radius 1 is 0.957 bits per heavy atom. The highest BCUT2D eigenvalue weighted by Gasteiger charge is 2.31. The van der Waals surface area contributed by atoms with Crippen LogP contribution in [0.15, 0.2) is 12.1 Å². The van der Waals surface area contributed by atoms with E-state index in [4.69, 9.17) is 11.6 Å². The predicted octanol–water partition coefficient (Wildman–Crippen LogP) is 7.28. The first-order chi connectivity index (χ1) is 11.1. The molecule has 1 aromatic carbocycles. The lowest BCUT2D eigenvalue weighted by Crippen LogP contribution is -2.25. The quantitative estimate of drug-likeness (QED) is 0.544. The summed E-state index contributed by atoms with van der Waals surface area (Å²) in [4.78, 5) is 0. The van der Waals surface area contributed by atoms with Gasteiger partial charge in [-0.05, 0) is 80.2 Å². The molecule has 0 bridgehead atoms. The van der Waals surface area contributed by atoms with Gasteiger partial charge in [0.05, 0.1) is 5.02 Å². The van der Waals surface area contributed by atoms with Crippen molar-refractivity contribution in [2.75, 3.05) is 0 Å². The maximum absolute atomic E-state index is 14.4. The first-order valence-corrected chi connectivity index (χ1v) is 9.92. The highest BCUT2D eigenvalue weighted by atomic mass is 35.5. The van der Waals surface area contributed by atoms with Crippen LogP contribution in [0.1, 0.15) is 81.8 Å². The van der Waals surface area contributed by atoms with E-state index in [0.717, 1.165) is 41.7 Å². The summed E-state index contributed by atoms with van der Waals surface area (Å²) in [5.41, 5.74) is 1.70. The van der Waals surface area contributed by atoms with Crippen molar-refractivity contribution >= 4 is 11.6 Å². The zero-order valence-corrected chi connectivity index (χ0v) is 15.3. The third-order valence-corrected chi connectivity index (χ3v) is 7.12. The molecule has 0 unspecified atom stereocenters. The van der Waals surface area contributed by atoms with E-state index in [1.807, 2.05) is 19.1 Å². The molecular formula is C21H30ClF. The van der Waals surface area contributed by atoms with Crippen LogP contribution in [0.4, 0.5) is 4.39 Å². The molecule has 0 radical (unpaired) electrons. The summed E-state index contributed by atoms with van der Waals surface area (Å²) in [7, 11) is 0. The molecule has 0 saturated heterocycles. The average molecular weight is 337 g/mol. The van der Waals surface area contributed by atoms with Gasteiger partial charge in [0.15, 0.2) is 0 Å². The monoisotopic (exact) mass is 336 g/mol. The molecular weight excluding hydrogens is 307 g/mol. The molecule has 0 spiro atoms. The lowest BCUT2D eigenvalue weighted by atomic mass is 9.68. The molecule has 23 heavy (non-hydrogen) atoms. The first kappa shape index (κ1) is 17.3. The Hall–Kier alpha value is -0.560. The fourth-order valence-corrected chi connectivity index (χ4v) is 5.12. The molecule has 2 saturated carbocycles. The molecule has 0 heterocycles. The van der Waals surface area contributed by atoms with Crippen molar-refractivity contribution in [2.24, 2.45) is 17.8 Å². The summed E-state index contributed by atoms with van der Waals surface area (Å²) >= 11 is 6.10. The second-order valence-corrected chi connectivity index (χ2v) is 8.28. The Bertz CT molecular complexity index is 523. The van der Waals surface area contributed by atoms with E-state index in [2.05, 4.69) is 6.92 Å². The Kier molecular flexibility index (Phi) is 5.67. The Morgan fingerprint density at radius 2 is 1.52 bits per heavy atom. The van der Waals surface area contributed by atoms with Crippen LogP contribution < -0.4 is 0 Å². The Balaban J connectivity index is 1.58. The van der Waals surface area contributed by atoms with E-state index in [-0.39, 0.29) is 5.82 Å². The summed E-state index contributed by atoms with van der Waals surface area (Å²) in [6.07, 6.45) is 11.9. The molecule has 1 aromatic rings. The van der Waals surface area contributed by atoms with Crippen molar-refractivity contribution in [1.82, 2.24) is 0 Å². The van der Waals surface area contributed by atoms with Crippen LogP contribution >= 0.6 is 11.6 Å². The van der Waals surface area contributed by atoms with E-state index in [0.29, 0.717) is 10.9 Å². The number of hydrogen-bond acceptors (Lipinski definition) is 0. The lowest BCUT2D eigenvalue weighted by Gasteiger charge is -2.38. The second kappa shape index (κ2) is 7.55. The molecule has 0 aromatic heterocycles. The van der Waals surface area contributed by atoms with Crippen molar-refractivity contribution in [2.45, 2.75) is 77.6 Å². The summed E-state index contributed by atoms with van der Waals surface area (Å²) in [6.45, 7) is 4.20. The zero-order valence-electron chi connectivity index (χ0n) is 14.6. The molecule has 0 aliphatic heterocycles. The van der Waals surface area contributed by atoms with Crippen LogP contribution in [0, 0.1) is 30.5 Å². The summed E-state index contributed by atoms with van der Waals surface area (Å²) < 4.78 is 14.4. The molecule has 0 nitrogen and oxygen atoms in total. The number of benzene rings is 1. The van der Waals surface area contributed by atoms with Gasteiger partial charge in [-0.15, -0.1) is 0 Å². The number of aryl methyl sites for hydroxylation is 1. The van der Waals surface area contributed by atoms with Crippen LogP contribution in [-0.2, 0) is 0 Å². The van der Waals surface area contributed by atoms with Gasteiger partial charge >= 0.3 is 0 Å². The van der Waals surface area contributed by atoms with Gasteiger partial charge in [-0.2, -0.15) is 0 Å². The SMILES string of the molecule is CCC1CCC(C2CCC(c3ccc(C)c(Cl)c3F)CC2)CC1. The van der Waals surface area contributed by atoms with Crippen molar-refractivity contribution in [3.05, 3.63) is 34.1 Å². The number of rotatable bonds is 3. The van der Waals surface area contributed by atoms with Crippen LogP contribution in [-0.4, -0.2) is 0 Å². The van der Waals surface area contributed by atoms with Crippen LogP contribution in [0.3, 0.4) is 0 Å². The fraction of sp³-hybridized carbons (Fsp3) is 0.714. The minimum atomic E-state index is -0.168. The van der Waals surface area contributed by atoms with Gasteiger partial charge in [0.2, 0.25) is 0 Å². The summed E-state index contributed by atoms with van der Waals surface area (Å²) in [6, 6.07) is 3.94. The average Bonchev–Trinajstić information content (AvgIpc) is 2.60. The third-order valence-electron chi connectivity index (χ3n) is 6.65. The van der Waals surface area contributed by atoms with Gasteiger partial charge in [-0.3, -0.25) is 0 Å². The van der Waals surface area contributed by atoms with Gasteiger partial charge in [0.1, 0.15) is 5.82 Å². The second-order valence-electron chi connectivity index (χ2n) is 7.90. The van der Waals surface area contributed by atoms with Crippen molar-refractivity contribution in [3.8, 4) is 0 Å². The van der Waals surface area contributed by atoms with E-state index in [1.54, 1.807) is 0 Å². The van der Waals surface area contributed by atoms with Crippen molar-refractivity contribution < 1.29 is 4.39 Å². The van der Waals surface area contributed by atoms with E-state index >= 15 is 0 Å². The molecule has 2 fully saturated rings. The third kappa shape index (κ3) is 3.76. The van der Waals surface area contributed by atoms with Gasteiger partial charge < -0.3 is 0 Å². The molecule has 0 N–H and O–H groups in total. The fourth-order valence-electron chi connectivity index (χ4n) is 4.95. The lowest BCUT2D eigenvalue weighted by molar-refractivity contribution is 0.158. The van der Waals surface area contributed by atoms with E-state index in [9.17, 15) is 4.39 Å². The summed E-state index contributed by atoms with van der Waals surface area (Å²) in [5.74, 6) is 3.00. The topological polar surface area (TPSA) is 0 Å². The predicted molar refractivity (Wildman–Crippen MR) is 96.6 cm³/mol. The largest absolute Gasteiger partial charge is 0.205 e. The van der Waals surface area contributed by atoms with Gasteiger partial charge in [-0.25, -0.2) is 4.39 Å². The molecule has 3 rings (SSSR count). The van der Waals surface area contributed by atoms with Gasteiger partial charge in [-0.1, -0.05) is 49.9 Å². The Labute approximate surface area is 145 Å². The number of hydrogen-bond donors (Lipinski definition) is 0. The van der Waals surface area contributed by atoms with Crippen molar-refractivity contribution in [1.29, 1.82) is 0 Å². The maximum Gasteiger partial charge on any atom is 0.145 e. The molecule has 2 aliphatic carbocycles. The van der Waals surface area contributed by atoms with Crippen LogP contribution in [0.2, 0.25) is 5.02 Å². The summed E-state index contributed by atoms with van der Waals surface area (Å²) in [5, 5.41) is 0.322. The highest BCUT2D eigenvalue weighted by molar-refractivity contribution is 6.31. The van der Waals surface area contributed by atoms with E-state index in [1.165, 1.54) is 44.9 Å². The molecule has 128 valence electrons. The molecule has 2 heteroatoms. The van der Waals surface area contributed by atoms with Crippen molar-refractivity contribution in [3.63, 3.8) is 0 Å².